The summed E-state index contributed by atoms with van der Waals surface area (Å²) in [5, 5.41) is 34.9. The Balaban J connectivity index is 1.85. The van der Waals surface area contributed by atoms with Gasteiger partial charge in [0.15, 0.2) is 0 Å². The van der Waals surface area contributed by atoms with Gasteiger partial charge in [-0.1, -0.05) is 32.3 Å². The van der Waals surface area contributed by atoms with Crippen LogP contribution in [0.25, 0.3) is 0 Å². The first-order valence-corrected chi connectivity index (χ1v) is 12.9. The van der Waals surface area contributed by atoms with Crippen LogP contribution < -0.4 is 5.32 Å². The lowest BCUT2D eigenvalue weighted by Crippen LogP contribution is -2.66. The van der Waals surface area contributed by atoms with Gasteiger partial charge in [0.05, 0.1) is 12.1 Å². The van der Waals surface area contributed by atoms with Gasteiger partial charge in [-0.05, 0) is 44.9 Å². The van der Waals surface area contributed by atoms with Gasteiger partial charge >= 0.3 is 0 Å². The highest BCUT2D eigenvalue weighted by Crippen LogP contribution is 2.46. The minimum atomic E-state index is -1.33. The second kappa shape index (κ2) is 10.5. The number of hydrogen-bond donors (Lipinski definition) is 4. The zero-order valence-electron chi connectivity index (χ0n) is 19.1. The topological polar surface area (TPSA) is 102 Å². The highest BCUT2D eigenvalue weighted by atomic mass is 32.2. The molecule has 8 atom stereocenters. The number of hydrogen-bond acceptors (Lipinski definition) is 7. The van der Waals surface area contributed by atoms with Gasteiger partial charge < -0.3 is 25.4 Å². The van der Waals surface area contributed by atoms with Crippen LogP contribution in [0.2, 0.25) is 0 Å². The minimum absolute atomic E-state index is 0.0589. The van der Waals surface area contributed by atoms with Gasteiger partial charge in [-0.15, -0.1) is 18.3 Å². The van der Waals surface area contributed by atoms with E-state index in [2.05, 4.69) is 23.7 Å². The Morgan fingerprint density at radius 1 is 1.29 bits per heavy atom. The summed E-state index contributed by atoms with van der Waals surface area (Å²) < 4.78 is 6.11. The van der Waals surface area contributed by atoms with E-state index in [1.165, 1.54) is 11.8 Å². The molecule has 178 valence electrons. The predicted octanol–water partition coefficient (Wildman–Crippen LogP) is 1.51. The number of aliphatic hydroxyl groups excluding tert-OH is 3. The number of aliphatic hydroxyl groups is 3. The molecule has 1 aliphatic carbocycles. The molecule has 0 aromatic rings. The molecule has 0 aromatic carbocycles. The second-order valence-electron chi connectivity index (χ2n) is 9.65. The molecule has 8 heteroatoms. The molecule has 2 heterocycles. The van der Waals surface area contributed by atoms with Crippen LogP contribution in [-0.2, 0) is 9.53 Å². The summed E-state index contributed by atoms with van der Waals surface area (Å²) in [6, 6.07) is -0.736. The first kappa shape index (κ1) is 25.0. The summed E-state index contributed by atoms with van der Waals surface area (Å²) >= 11 is 1.29. The van der Waals surface area contributed by atoms with Gasteiger partial charge in [0.1, 0.15) is 29.9 Å². The van der Waals surface area contributed by atoms with Crippen molar-refractivity contribution < 1.29 is 24.9 Å². The van der Waals surface area contributed by atoms with Crippen molar-refractivity contribution in [1.29, 1.82) is 0 Å². The van der Waals surface area contributed by atoms with Crippen LogP contribution in [0, 0.1) is 11.3 Å². The number of thioether (sulfide) groups is 1. The van der Waals surface area contributed by atoms with E-state index >= 15 is 0 Å². The minimum Gasteiger partial charge on any atom is -0.388 e. The Hall–Kier alpha value is -0.640. The number of carbonyl (C=O) groups excluding carboxylic acids is 1. The molecule has 7 nitrogen and oxygen atoms in total. The van der Waals surface area contributed by atoms with Crippen molar-refractivity contribution in [3.05, 3.63) is 12.7 Å². The van der Waals surface area contributed by atoms with E-state index in [1.807, 2.05) is 13.1 Å². The van der Waals surface area contributed by atoms with Crippen molar-refractivity contribution >= 4 is 17.7 Å². The lowest BCUT2D eigenvalue weighted by Gasteiger charge is -2.48. The number of amides is 1. The fraction of sp³-hybridized carbons (Fsp3) is 0.870. The molecule has 3 fully saturated rings. The van der Waals surface area contributed by atoms with E-state index in [9.17, 15) is 20.1 Å². The van der Waals surface area contributed by atoms with E-state index < -0.39 is 41.3 Å². The number of ether oxygens (including phenoxy) is 1. The molecule has 2 unspecified atom stereocenters. The van der Waals surface area contributed by atoms with E-state index in [4.69, 9.17) is 4.74 Å². The quantitative estimate of drug-likeness (QED) is 0.411. The molecule has 2 aliphatic heterocycles. The SMILES string of the molecule is C=CC1([C@@H](NC(=O)[C@@H]2C[C@@H](CCC)CN2C)[C@H]2OC(SC)[C@H](O)[C@H](O)C2O)CCCC1. The highest BCUT2D eigenvalue weighted by Gasteiger charge is 2.53. The Morgan fingerprint density at radius 2 is 1.97 bits per heavy atom. The smallest absolute Gasteiger partial charge is 0.237 e. The number of nitrogens with one attached hydrogen (secondary N) is 1. The molecule has 1 amide bonds. The Morgan fingerprint density at radius 3 is 2.55 bits per heavy atom. The molecular weight excluding hydrogens is 416 g/mol. The third kappa shape index (κ3) is 4.99. The number of carbonyl (C=O) groups is 1. The van der Waals surface area contributed by atoms with E-state index in [1.54, 1.807) is 6.26 Å². The van der Waals surface area contributed by atoms with Crippen molar-refractivity contribution in [2.24, 2.45) is 11.3 Å². The number of nitrogens with zero attached hydrogens (tertiary/aromatic N) is 1. The molecule has 4 N–H and O–H groups in total. The average Bonchev–Trinajstić information content (AvgIpc) is 3.38. The first-order valence-electron chi connectivity index (χ1n) is 11.6. The Kier molecular flexibility index (Phi) is 8.49. The molecule has 3 aliphatic rings. The van der Waals surface area contributed by atoms with Crippen LogP contribution in [0.3, 0.4) is 0 Å². The molecule has 0 spiro atoms. The van der Waals surface area contributed by atoms with E-state index in [0.717, 1.165) is 51.5 Å². The van der Waals surface area contributed by atoms with Crippen molar-refractivity contribution in [1.82, 2.24) is 10.2 Å². The zero-order chi connectivity index (χ0) is 22.8. The lowest BCUT2D eigenvalue weighted by atomic mass is 9.73. The molecule has 31 heavy (non-hydrogen) atoms. The Labute approximate surface area is 190 Å². The third-order valence-electron chi connectivity index (χ3n) is 7.66. The van der Waals surface area contributed by atoms with Crippen LogP contribution in [0.4, 0.5) is 0 Å². The summed E-state index contributed by atoms with van der Waals surface area (Å²) in [5.74, 6) is 0.453. The van der Waals surface area contributed by atoms with Gasteiger partial charge in [0.2, 0.25) is 5.91 Å². The van der Waals surface area contributed by atoms with Crippen LogP contribution in [0.1, 0.15) is 51.9 Å². The summed E-state index contributed by atoms with van der Waals surface area (Å²) in [5.41, 5.74) is -1.08. The Bertz CT molecular complexity index is 627. The van der Waals surface area contributed by atoms with Crippen LogP contribution >= 0.6 is 11.8 Å². The first-order chi connectivity index (χ1) is 14.8. The summed E-state index contributed by atoms with van der Waals surface area (Å²) in [6.45, 7) is 7.14. The van der Waals surface area contributed by atoms with Gasteiger partial charge in [0, 0.05) is 12.0 Å². The van der Waals surface area contributed by atoms with Crippen molar-refractivity contribution in [2.45, 2.75) is 93.8 Å². The summed E-state index contributed by atoms with van der Waals surface area (Å²) in [6.07, 6.45) is 5.81. The van der Waals surface area contributed by atoms with Crippen LogP contribution in [0.15, 0.2) is 12.7 Å². The maximum absolute atomic E-state index is 13.4. The number of rotatable bonds is 8. The molecule has 0 aromatic heterocycles. The molecule has 2 saturated heterocycles. The summed E-state index contributed by atoms with van der Waals surface area (Å²) in [4.78, 5) is 15.6. The van der Waals surface area contributed by atoms with Gasteiger partial charge in [-0.2, -0.15) is 0 Å². The molecule has 1 saturated carbocycles. The molecular formula is C23H40N2O5S. The van der Waals surface area contributed by atoms with E-state index in [0.29, 0.717) is 5.92 Å². The lowest BCUT2D eigenvalue weighted by molar-refractivity contribution is -0.211. The monoisotopic (exact) mass is 456 g/mol. The normalized spacial score (nSPS) is 39.4. The van der Waals surface area contributed by atoms with Crippen molar-refractivity contribution in [3.63, 3.8) is 0 Å². The van der Waals surface area contributed by atoms with Gasteiger partial charge in [-0.25, -0.2) is 0 Å². The van der Waals surface area contributed by atoms with E-state index in [-0.39, 0.29) is 11.9 Å². The molecule has 0 radical (unpaired) electrons. The largest absolute Gasteiger partial charge is 0.388 e. The van der Waals surface area contributed by atoms with Crippen LogP contribution in [0.5, 0.6) is 0 Å². The average molecular weight is 457 g/mol. The highest BCUT2D eigenvalue weighted by molar-refractivity contribution is 7.99. The fourth-order valence-corrected chi connectivity index (χ4v) is 6.53. The maximum atomic E-state index is 13.4. The van der Waals surface area contributed by atoms with Crippen LogP contribution in [-0.4, -0.2) is 87.9 Å². The van der Waals surface area contributed by atoms with Crippen molar-refractivity contribution in [2.75, 3.05) is 19.8 Å². The third-order valence-corrected chi connectivity index (χ3v) is 8.51. The zero-order valence-corrected chi connectivity index (χ0v) is 19.9. The molecule has 0 bridgehead atoms. The molecule has 3 rings (SSSR count). The van der Waals surface area contributed by atoms with Gasteiger partial charge in [-0.3, -0.25) is 9.69 Å². The fourth-order valence-electron chi connectivity index (χ4n) is 5.85. The number of likely N-dealkylation sites (N-methyl/N-ethyl adjacent to an activating group) is 1. The predicted molar refractivity (Wildman–Crippen MR) is 123 cm³/mol. The van der Waals surface area contributed by atoms with Crippen molar-refractivity contribution in [3.8, 4) is 0 Å². The summed E-state index contributed by atoms with van der Waals surface area (Å²) in [7, 11) is 1.99. The standard InChI is InChI=1S/C23H40N2O5S/c1-5-9-14-12-15(25(3)13-14)21(29)24-20(23(6-2)10-7-8-11-23)19-17(27)16(26)18(28)22(30-19)31-4/h6,14-20,22,26-28H,2,5,7-13H2,1,3-4H3,(H,24,29)/t14-,15+,16-,17?,18-,19+,20+,22?/m1/s1. The van der Waals surface area contributed by atoms with Gasteiger partial charge in [0.25, 0.3) is 0 Å². The second-order valence-corrected chi connectivity index (χ2v) is 10.6. The number of likely N-dealkylation sites (tertiary alicyclic amines) is 1. The maximum Gasteiger partial charge on any atom is 0.237 e.